The first-order valence-corrected chi connectivity index (χ1v) is 9.63. The fourth-order valence-corrected chi connectivity index (χ4v) is 3.90. The van der Waals surface area contributed by atoms with Gasteiger partial charge in [-0.15, -0.1) is 0 Å². The van der Waals surface area contributed by atoms with E-state index in [0.717, 1.165) is 22.3 Å². The van der Waals surface area contributed by atoms with Crippen molar-refractivity contribution in [1.29, 1.82) is 0 Å². The lowest BCUT2D eigenvalue weighted by Crippen LogP contribution is -2.40. The second-order valence-electron chi connectivity index (χ2n) is 7.14. The summed E-state index contributed by atoms with van der Waals surface area (Å²) in [7, 11) is 0. The Morgan fingerprint density at radius 2 is 1.55 bits per heavy atom. The van der Waals surface area contributed by atoms with Crippen LogP contribution in [-0.2, 0) is 11.2 Å². The molecule has 1 unspecified atom stereocenters. The molecule has 4 rings (SSSR count). The van der Waals surface area contributed by atoms with Crippen LogP contribution in [0, 0.1) is 5.82 Å². The third-order valence-corrected chi connectivity index (χ3v) is 5.31. The maximum Gasteiger partial charge on any atom is 0.407 e. The highest BCUT2D eigenvalue weighted by atomic mass is 19.1. The van der Waals surface area contributed by atoms with Gasteiger partial charge in [0.1, 0.15) is 12.4 Å². The number of hydrogen-bond donors (Lipinski definition) is 2. The zero-order chi connectivity index (χ0) is 20.2. The number of carbonyl (C=O) groups excluding carboxylic acids is 1. The quantitative estimate of drug-likeness (QED) is 0.660. The minimum absolute atomic E-state index is 0.0349. The molecule has 0 bridgehead atoms. The standard InChI is InChI=1S/C24H22FNO3/c25-23-12-6-1-7-16(23)13-17(14-27)26-24(28)29-15-22-20-10-4-2-8-18(20)19-9-3-5-11-21(19)22/h1-12,17,22,27H,13-15H2,(H,26,28). The van der Waals surface area contributed by atoms with Crippen molar-refractivity contribution >= 4 is 6.09 Å². The van der Waals surface area contributed by atoms with Gasteiger partial charge in [-0.3, -0.25) is 0 Å². The van der Waals surface area contributed by atoms with Crippen LogP contribution in [0.15, 0.2) is 72.8 Å². The maximum absolute atomic E-state index is 13.8. The van der Waals surface area contributed by atoms with Crippen molar-refractivity contribution < 1.29 is 19.0 Å². The Hall–Kier alpha value is -3.18. The first-order valence-electron chi connectivity index (χ1n) is 9.63. The number of fused-ring (bicyclic) bond motifs is 3. The molecule has 0 saturated carbocycles. The van der Waals surface area contributed by atoms with Crippen LogP contribution in [0.3, 0.4) is 0 Å². The average molecular weight is 391 g/mol. The van der Waals surface area contributed by atoms with Crippen LogP contribution >= 0.6 is 0 Å². The Labute approximate surface area is 169 Å². The van der Waals surface area contributed by atoms with Gasteiger partial charge in [0.15, 0.2) is 0 Å². The summed E-state index contributed by atoms with van der Waals surface area (Å²) in [6.45, 7) is -0.115. The molecule has 1 amide bonds. The van der Waals surface area contributed by atoms with Gasteiger partial charge in [-0.05, 0) is 40.3 Å². The lowest BCUT2D eigenvalue weighted by atomic mass is 9.98. The molecule has 148 valence electrons. The van der Waals surface area contributed by atoms with E-state index in [-0.39, 0.29) is 31.4 Å². The van der Waals surface area contributed by atoms with Gasteiger partial charge < -0.3 is 15.2 Å². The van der Waals surface area contributed by atoms with Crippen LogP contribution in [0.25, 0.3) is 11.1 Å². The number of nitrogens with one attached hydrogen (secondary N) is 1. The van der Waals surface area contributed by atoms with E-state index in [2.05, 4.69) is 29.6 Å². The van der Waals surface area contributed by atoms with Crippen LogP contribution in [0.1, 0.15) is 22.6 Å². The SMILES string of the molecule is O=C(NC(CO)Cc1ccccc1F)OCC1c2ccccc2-c2ccccc21. The van der Waals surface area contributed by atoms with Gasteiger partial charge in [0.2, 0.25) is 0 Å². The molecule has 0 heterocycles. The number of amides is 1. The van der Waals surface area contributed by atoms with Crippen molar-refractivity contribution in [3.05, 3.63) is 95.3 Å². The lowest BCUT2D eigenvalue weighted by Gasteiger charge is -2.18. The van der Waals surface area contributed by atoms with Gasteiger partial charge in [-0.2, -0.15) is 0 Å². The van der Waals surface area contributed by atoms with Gasteiger partial charge in [-0.1, -0.05) is 66.7 Å². The van der Waals surface area contributed by atoms with Crippen LogP contribution < -0.4 is 5.32 Å². The zero-order valence-corrected chi connectivity index (χ0v) is 15.8. The Bertz CT molecular complexity index is 975. The molecule has 0 aliphatic heterocycles. The van der Waals surface area contributed by atoms with E-state index in [1.807, 2.05) is 24.3 Å². The summed E-state index contributed by atoms with van der Waals surface area (Å²) in [5, 5.41) is 12.2. The molecule has 5 heteroatoms. The molecular formula is C24H22FNO3. The van der Waals surface area contributed by atoms with Gasteiger partial charge in [0.25, 0.3) is 0 Å². The molecule has 1 atom stereocenters. The minimum atomic E-state index is -0.623. The predicted molar refractivity (Wildman–Crippen MR) is 109 cm³/mol. The number of aliphatic hydroxyl groups is 1. The molecule has 3 aromatic rings. The van der Waals surface area contributed by atoms with Crippen molar-refractivity contribution in [2.24, 2.45) is 0 Å². The number of benzene rings is 3. The van der Waals surface area contributed by atoms with E-state index in [4.69, 9.17) is 4.74 Å². The molecule has 1 aliphatic rings. The molecule has 0 saturated heterocycles. The van der Waals surface area contributed by atoms with E-state index >= 15 is 0 Å². The summed E-state index contributed by atoms with van der Waals surface area (Å²) in [5.74, 6) is -0.396. The molecule has 4 nitrogen and oxygen atoms in total. The van der Waals surface area contributed by atoms with Crippen LogP contribution in [0.5, 0.6) is 0 Å². The molecule has 29 heavy (non-hydrogen) atoms. The first kappa shape index (κ1) is 19.2. The summed E-state index contributed by atoms with van der Waals surface area (Å²) in [5.41, 5.74) is 5.01. The first-order chi connectivity index (χ1) is 14.2. The van der Waals surface area contributed by atoms with Crippen molar-refractivity contribution in [3.8, 4) is 11.1 Å². The number of carbonyl (C=O) groups is 1. The van der Waals surface area contributed by atoms with Crippen molar-refractivity contribution in [3.63, 3.8) is 0 Å². The summed E-state index contributed by atoms with van der Waals surface area (Å²) < 4.78 is 19.3. The van der Waals surface area contributed by atoms with Gasteiger partial charge in [0, 0.05) is 5.92 Å². The minimum Gasteiger partial charge on any atom is -0.449 e. The number of rotatable bonds is 6. The Morgan fingerprint density at radius 1 is 0.966 bits per heavy atom. The fourth-order valence-electron chi connectivity index (χ4n) is 3.90. The van der Waals surface area contributed by atoms with E-state index in [1.54, 1.807) is 18.2 Å². The van der Waals surface area contributed by atoms with E-state index < -0.39 is 12.1 Å². The number of halogens is 1. The van der Waals surface area contributed by atoms with Crippen LogP contribution in [-0.4, -0.2) is 30.5 Å². The Kier molecular flexibility index (Phi) is 5.58. The molecular weight excluding hydrogens is 369 g/mol. The second kappa shape index (κ2) is 8.45. The smallest absolute Gasteiger partial charge is 0.407 e. The fraction of sp³-hybridized carbons (Fsp3) is 0.208. The number of aliphatic hydroxyl groups excluding tert-OH is 1. The highest BCUT2D eigenvalue weighted by Crippen LogP contribution is 2.44. The van der Waals surface area contributed by atoms with E-state index in [0.29, 0.717) is 5.56 Å². The van der Waals surface area contributed by atoms with Crippen molar-refractivity contribution in [2.45, 2.75) is 18.4 Å². The molecule has 3 aromatic carbocycles. The topological polar surface area (TPSA) is 58.6 Å². The van der Waals surface area contributed by atoms with Gasteiger partial charge >= 0.3 is 6.09 Å². The Morgan fingerprint density at radius 3 is 2.17 bits per heavy atom. The highest BCUT2D eigenvalue weighted by molar-refractivity contribution is 5.79. The van der Waals surface area contributed by atoms with Crippen molar-refractivity contribution in [1.82, 2.24) is 5.32 Å². The van der Waals surface area contributed by atoms with Gasteiger partial charge in [-0.25, -0.2) is 9.18 Å². The summed E-state index contributed by atoms with van der Waals surface area (Å²) in [6.07, 6.45) is -0.435. The van der Waals surface area contributed by atoms with Crippen LogP contribution in [0.2, 0.25) is 0 Å². The largest absolute Gasteiger partial charge is 0.449 e. The molecule has 0 spiro atoms. The third kappa shape index (κ3) is 4.00. The number of hydrogen-bond acceptors (Lipinski definition) is 3. The molecule has 0 fully saturated rings. The number of alkyl carbamates (subject to hydrolysis) is 1. The average Bonchev–Trinajstić information content (AvgIpc) is 3.07. The molecule has 1 aliphatic carbocycles. The third-order valence-electron chi connectivity index (χ3n) is 5.31. The van der Waals surface area contributed by atoms with E-state index in [9.17, 15) is 14.3 Å². The van der Waals surface area contributed by atoms with Crippen LogP contribution in [0.4, 0.5) is 9.18 Å². The Balaban J connectivity index is 1.41. The van der Waals surface area contributed by atoms with Gasteiger partial charge in [0.05, 0.1) is 12.6 Å². The second-order valence-corrected chi connectivity index (χ2v) is 7.14. The van der Waals surface area contributed by atoms with Crippen molar-refractivity contribution in [2.75, 3.05) is 13.2 Å². The zero-order valence-electron chi connectivity index (χ0n) is 15.8. The summed E-state index contributed by atoms with van der Waals surface area (Å²) in [4.78, 5) is 12.3. The predicted octanol–water partition coefficient (Wildman–Crippen LogP) is 4.27. The van der Waals surface area contributed by atoms with E-state index in [1.165, 1.54) is 6.07 Å². The maximum atomic E-state index is 13.8. The molecule has 2 N–H and O–H groups in total. The number of ether oxygens (including phenoxy) is 1. The summed E-state index contributed by atoms with van der Waals surface area (Å²) in [6, 6.07) is 21.9. The molecule has 0 aromatic heterocycles. The monoisotopic (exact) mass is 391 g/mol. The molecule has 0 radical (unpaired) electrons. The highest BCUT2D eigenvalue weighted by Gasteiger charge is 2.29. The summed E-state index contributed by atoms with van der Waals surface area (Å²) >= 11 is 0. The lowest BCUT2D eigenvalue weighted by molar-refractivity contribution is 0.132. The normalized spacial score (nSPS) is 13.4.